The summed E-state index contributed by atoms with van der Waals surface area (Å²) in [5.74, 6) is 0.998. The number of nitrogens with zero attached hydrogens (tertiary/aromatic N) is 1. The first-order valence-corrected chi connectivity index (χ1v) is 12.3. The van der Waals surface area contributed by atoms with Crippen molar-refractivity contribution in [3.8, 4) is 17.2 Å². The van der Waals surface area contributed by atoms with Gasteiger partial charge in [-0.15, -0.1) is 0 Å². The molecule has 8 nitrogen and oxygen atoms in total. The number of amides is 1. The van der Waals surface area contributed by atoms with E-state index in [1.165, 1.54) is 23.5 Å². The van der Waals surface area contributed by atoms with Crippen LogP contribution in [0.3, 0.4) is 0 Å². The standard InChI is InChI=1S/C22H25ClN2O6S/c1-29-19-6-5-16(32(27,28)25-7-3-2-4-8-25)14-18(19)24-21(26)13-15-11-17(23)22-20(12-15)30-9-10-31-22/h5-6,11-12,14H,2-4,7-10,13H2,1H3,(H,24,26). The minimum absolute atomic E-state index is 0.0165. The summed E-state index contributed by atoms with van der Waals surface area (Å²) in [6.45, 7) is 1.83. The van der Waals surface area contributed by atoms with Crippen molar-refractivity contribution in [1.29, 1.82) is 0 Å². The molecule has 0 spiro atoms. The summed E-state index contributed by atoms with van der Waals surface area (Å²) in [7, 11) is -2.18. The van der Waals surface area contributed by atoms with Crippen molar-refractivity contribution in [2.45, 2.75) is 30.6 Å². The number of hydrogen-bond acceptors (Lipinski definition) is 6. The van der Waals surface area contributed by atoms with E-state index in [2.05, 4.69) is 5.32 Å². The summed E-state index contributed by atoms with van der Waals surface area (Å²) in [4.78, 5) is 12.9. The molecule has 2 aliphatic heterocycles. The molecule has 32 heavy (non-hydrogen) atoms. The Bertz CT molecular complexity index is 1120. The summed E-state index contributed by atoms with van der Waals surface area (Å²) in [6, 6.07) is 7.86. The largest absolute Gasteiger partial charge is 0.495 e. The van der Waals surface area contributed by atoms with Crippen LogP contribution in [0.15, 0.2) is 35.2 Å². The summed E-state index contributed by atoms with van der Waals surface area (Å²) in [5.41, 5.74) is 0.937. The van der Waals surface area contributed by atoms with Crippen LogP contribution in [0.2, 0.25) is 5.02 Å². The molecule has 0 unspecified atom stereocenters. The van der Waals surface area contributed by atoms with Crippen LogP contribution in [0.4, 0.5) is 5.69 Å². The lowest BCUT2D eigenvalue weighted by molar-refractivity contribution is -0.115. The first kappa shape index (κ1) is 22.7. The molecular weight excluding hydrogens is 456 g/mol. The van der Waals surface area contributed by atoms with Gasteiger partial charge in [0, 0.05) is 13.1 Å². The maximum Gasteiger partial charge on any atom is 0.243 e. The average Bonchev–Trinajstić information content (AvgIpc) is 2.79. The van der Waals surface area contributed by atoms with Crippen molar-refractivity contribution in [2.75, 3.05) is 38.7 Å². The number of rotatable bonds is 6. The number of anilines is 1. The van der Waals surface area contributed by atoms with Gasteiger partial charge in [0.2, 0.25) is 15.9 Å². The Morgan fingerprint density at radius 2 is 1.88 bits per heavy atom. The Hall–Kier alpha value is -2.49. The van der Waals surface area contributed by atoms with Crippen LogP contribution in [0.1, 0.15) is 24.8 Å². The molecule has 0 aliphatic carbocycles. The molecule has 10 heteroatoms. The Labute approximate surface area is 192 Å². The molecule has 2 aliphatic rings. The van der Waals surface area contributed by atoms with E-state index in [9.17, 15) is 13.2 Å². The Morgan fingerprint density at radius 3 is 2.62 bits per heavy atom. The molecule has 0 saturated carbocycles. The smallest absolute Gasteiger partial charge is 0.243 e. The number of carbonyl (C=O) groups is 1. The third-order valence-corrected chi connectivity index (χ3v) is 7.59. The second-order valence-electron chi connectivity index (χ2n) is 7.65. The minimum Gasteiger partial charge on any atom is -0.495 e. The van der Waals surface area contributed by atoms with Crippen LogP contribution in [0.5, 0.6) is 17.2 Å². The van der Waals surface area contributed by atoms with Crippen molar-refractivity contribution in [2.24, 2.45) is 0 Å². The predicted octanol–water partition coefficient (Wildman–Crippen LogP) is 3.48. The first-order chi connectivity index (χ1) is 15.4. The van der Waals surface area contributed by atoms with E-state index in [1.807, 2.05) is 0 Å². The van der Waals surface area contributed by atoms with Crippen LogP contribution in [-0.4, -0.2) is 52.0 Å². The van der Waals surface area contributed by atoms with E-state index in [4.69, 9.17) is 25.8 Å². The maximum absolute atomic E-state index is 13.0. The van der Waals surface area contributed by atoms with Gasteiger partial charge in [-0.25, -0.2) is 8.42 Å². The van der Waals surface area contributed by atoms with E-state index < -0.39 is 10.0 Å². The van der Waals surface area contributed by atoms with Gasteiger partial charge in [0.1, 0.15) is 19.0 Å². The van der Waals surface area contributed by atoms with Gasteiger partial charge in [0.25, 0.3) is 0 Å². The normalized spacial score (nSPS) is 16.4. The molecule has 1 N–H and O–H groups in total. The van der Waals surface area contributed by atoms with E-state index in [1.54, 1.807) is 18.2 Å². The number of halogens is 1. The van der Waals surface area contributed by atoms with Gasteiger partial charge in [-0.3, -0.25) is 4.79 Å². The maximum atomic E-state index is 13.0. The number of sulfonamides is 1. The molecule has 2 heterocycles. The Kier molecular flexibility index (Phi) is 6.78. The molecule has 0 radical (unpaired) electrons. The number of hydrogen-bond donors (Lipinski definition) is 1. The zero-order valence-corrected chi connectivity index (χ0v) is 19.3. The van der Waals surface area contributed by atoms with E-state index in [0.717, 1.165) is 19.3 Å². The third-order valence-electron chi connectivity index (χ3n) is 5.42. The number of carbonyl (C=O) groups excluding carboxylic acids is 1. The number of methoxy groups -OCH3 is 1. The average molecular weight is 481 g/mol. The fraction of sp³-hybridized carbons (Fsp3) is 0.409. The van der Waals surface area contributed by atoms with Crippen molar-refractivity contribution >= 4 is 33.2 Å². The highest BCUT2D eigenvalue weighted by Crippen LogP contribution is 2.38. The Balaban J connectivity index is 1.54. The van der Waals surface area contributed by atoms with Crippen LogP contribution >= 0.6 is 11.6 Å². The number of fused-ring (bicyclic) bond motifs is 1. The van der Waals surface area contributed by atoms with Crippen molar-refractivity contribution in [3.63, 3.8) is 0 Å². The van der Waals surface area contributed by atoms with E-state index >= 15 is 0 Å². The van der Waals surface area contributed by atoms with Crippen LogP contribution in [-0.2, 0) is 21.2 Å². The van der Waals surface area contributed by atoms with Gasteiger partial charge >= 0.3 is 0 Å². The number of ether oxygens (including phenoxy) is 3. The number of benzene rings is 2. The van der Waals surface area contributed by atoms with Crippen LogP contribution in [0, 0.1) is 0 Å². The highest BCUT2D eigenvalue weighted by atomic mass is 35.5. The molecule has 4 rings (SSSR count). The van der Waals surface area contributed by atoms with Gasteiger partial charge in [-0.2, -0.15) is 4.31 Å². The fourth-order valence-electron chi connectivity index (χ4n) is 3.85. The van der Waals surface area contributed by atoms with E-state index in [-0.39, 0.29) is 17.2 Å². The molecule has 1 amide bonds. The first-order valence-electron chi connectivity index (χ1n) is 10.4. The molecule has 1 fully saturated rings. The summed E-state index contributed by atoms with van der Waals surface area (Å²) >= 11 is 6.26. The number of nitrogens with one attached hydrogen (secondary N) is 1. The predicted molar refractivity (Wildman–Crippen MR) is 120 cm³/mol. The minimum atomic E-state index is -3.64. The van der Waals surface area contributed by atoms with Gasteiger partial charge in [0.15, 0.2) is 11.5 Å². The lowest BCUT2D eigenvalue weighted by atomic mass is 10.1. The van der Waals surface area contributed by atoms with Gasteiger partial charge in [-0.1, -0.05) is 18.0 Å². The van der Waals surface area contributed by atoms with Crippen molar-refractivity contribution < 1.29 is 27.4 Å². The summed E-state index contributed by atoms with van der Waals surface area (Å²) < 4.78 is 43.9. The van der Waals surface area contributed by atoms with Gasteiger partial charge < -0.3 is 19.5 Å². The molecule has 0 bridgehead atoms. The fourth-order valence-corrected chi connectivity index (χ4v) is 5.68. The van der Waals surface area contributed by atoms with Crippen LogP contribution < -0.4 is 19.5 Å². The topological polar surface area (TPSA) is 94.2 Å². The van der Waals surface area contributed by atoms with Crippen LogP contribution in [0.25, 0.3) is 0 Å². The second kappa shape index (κ2) is 9.56. The van der Waals surface area contributed by atoms with Gasteiger partial charge in [0.05, 0.1) is 29.1 Å². The number of piperidine rings is 1. The third kappa shape index (κ3) is 4.79. The summed E-state index contributed by atoms with van der Waals surface area (Å²) in [5, 5.41) is 3.14. The zero-order valence-electron chi connectivity index (χ0n) is 17.7. The molecular formula is C22H25ClN2O6S. The Morgan fingerprint density at radius 1 is 1.12 bits per heavy atom. The van der Waals surface area contributed by atoms with Crippen molar-refractivity contribution in [3.05, 3.63) is 40.9 Å². The van der Waals surface area contributed by atoms with Gasteiger partial charge in [-0.05, 0) is 48.7 Å². The van der Waals surface area contributed by atoms with E-state index in [0.29, 0.717) is 59.8 Å². The highest BCUT2D eigenvalue weighted by Gasteiger charge is 2.27. The summed E-state index contributed by atoms with van der Waals surface area (Å²) in [6.07, 6.45) is 2.73. The zero-order chi connectivity index (χ0) is 22.7. The molecule has 172 valence electrons. The molecule has 2 aromatic carbocycles. The second-order valence-corrected chi connectivity index (χ2v) is 10.00. The van der Waals surface area contributed by atoms with Crippen molar-refractivity contribution in [1.82, 2.24) is 4.31 Å². The SMILES string of the molecule is COc1ccc(S(=O)(=O)N2CCCCC2)cc1NC(=O)Cc1cc(Cl)c2c(c1)OCCO2. The molecule has 1 saturated heterocycles. The molecule has 0 aromatic heterocycles. The molecule has 2 aromatic rings. The molecule has 0 atom stereocenters. The quantitative estimate of drug-likeness (QED) is 0.680. The highest BCUT2D eigenvalue weighted by molar-refractivity contribution is 7.89. The lowest BCUT2D eigenvalue weighted by Gasteiger charge is -2.26. The monoisotopic (exact) mass is 480 g/mol. The lowest BCUT2D eigenvalue weighted by Crippen LogP contribution is -2.35.